The third-order valence-corrected chi connectivity index (χ3v) is 15.8. The van der Waals surface area contributed by atoms with Gasteiger partial charge in [-0.2, -0.15) is 5.10 Å². The van der Waals surface area contributed by atoms with E-state index < -0.39 is 0 Å². The van der Waals surface area contributed by atoms with Crippen LogP contribution in [-0.2, 0) is 17.8 Å². The minimum atomic E-state index is 0.0836. The predicted octanol–water partition coefficient (Wildman–Crippen LogP) is 17.9. The highest BCUT2D eigenvalue weighted by Crippen LogP contribution is 2.31. The van der Waals surface area contributed by atoms with Crippen LogP contribution in [0.5, 0.6) is 0 Å². The molecule has 0 saturated carbocycles. The number of carbonyl (C=O) groups excluding carboxylic acids is 2. The molecule has 0 amide bonds. The third kappa shape index (κ3) is 20.6. The molecule has 5 aromatic carbocycles. The van der Waals surface area contributed by atoms with Crippen LogP contribution in [0.2, 0.25) is 0 Å². The SMILES string of the molecule is CC(=O)Cn1cc(-c2ccc(C)o2)cn1.CNC(=S)c1ccc(-c2ccc(C)o2)cc1.Cc1ccc(-c2ccc(C(=S)N(C)C)cc2)o1.Cc1ccc(-c2ccc(C(N)=S)cc2)o1.Cc1ccc(-c2ccc(NC(N)=S)cc2)o1.Cc1ccc(-c2ccc3c(c2)CCC3=O)o1. The molecule has 1 aliphatic rings. The summed E-state index contributed by atoms with van der Waals surface area (Å²) >= 11 is 20.1. The second-order valence-electron chi connectivity index (χ2n) is 22.3. The molecule has 0 bridgehead atoms. The zero-order valence-corrected chi connectivity index (χ0v) is 57.8. The van der Waals surface area contributed by atoms with Crippen LogP contribution in [-0.4, -0.2) is 67.5 Å². The van der Waals surface area contributed by atoms with E-state index in [1.165, 1.54) is 0 Å². The van der Waals surface area contributed by atoms with E-state index >= 15 is 0 Å². The molecule has 13 rings (SSSR count). The first-order valence-electron chi connectivity index (χ1n) is 30.3. The van der Waals surface area contributed by atoms with E-state index in [1.54, 1.807) is 24.0 Å². The number of hydrogen-bond acceptors (Lipinski definition) is 13. The molecule has 7 aromatic heterocycles. The highest BCUT2D eigenvalue weighted by atomic mass is 32.1. The Balaban J connectivity index is 0.000000146. The fourth-order valence-electron chi connectivity index (χ4n) is 9.58. The topological polar surface area (TPSA) is 210 Å². The Bertz CT molecular complexity index is 4560. The number of ketones is 2. The summed E-state index contributed by atoms with van der Waals surface area (Å²) in [7, 11) is 5.73. The van der Waals surface area contributed by atoms with Crippen LogP contribution >= 0.6 is 48.9 Å². The summed E-state index contributed by atoms with van der Waals surface area (Å²) in [5.41, 5.74) is 22.9. The molecule has 0 unspecified atom stereocenters. The lowest BCUT2D eigenvalue weighted by molar-refractivity contribution is -0.117. The zero-order chi connectivity index (χ0) is 68.3. The third-order valence-electron chi connectivity index (χ3n) is 14.4. The maximum absolute atomic E-state index is 11.5. The summed E-state index contributed by atoms with van der Waals surface area (Å²) in [4.78, 5) is 26.3. The maximum Gasteiger partial charge on any atom is 0.168 e. The van der Waals surface area contributed by atoms with Crippen molar-refractivity contribution in [3.05, 3.63) is 263 Å². The number of fused-ring (bicyclic) bond motifs is 1. The standard InChI is InChI=1S/C14H15NOS.C14H12O2.C13H13NOS.C12H12N2OS.C12H11NOS.C11H12N2O2/c1-10-4-9-13(16-10)11-5-7-12(8-6-11)14(17)15(2)3;1-9-2-7-14(16-9)11-3-5-12-10(8-11)4-6-13(12)15;1-9-3-8-12(15-9)10-4-6-11(7-5-10)13(16)14-2;1-8-2-7-11(15-8)9-3-5-10(6-4-9)14-12(13)16;1-8-2-7-11(14-8)9-3-5-10(6-4-9)12(13)15;1-8(14)6-13-7-10(5-12-13)11-4-3-9(2)15-11/h4-9H,1-3H3;2-3,5,7-8H,4,6H2,1H3;3-8H,1-2H3,(H,14,16);2-7H,1H3,(H3,13,14,16);2-7H,1H3,(H2,13,15);3-5,7H,6H2,1-2H3. The van der Waals surface area contributed by atoms with Crippen LogP contribution in [0.4, 0.5) is 5.69 Å². The first-order chi connectivity index (χ1) is 45.5. The molecule has 6 N–H and O–H groups in total. The van der Waals surface area contributed by atoms with Crippen molar-refractivity contribution in [1.82, 2.24) is 20.0 Å². The van der Waals surface area contributed by atoms with Crippen LogP contribution in [0.1, 0.15) is 80.5 Å². The van der Waals surface area contributed by atoms with Crippen molar-refractivity contribution in [2.45, 2.75) is 67.9 Å². The van der Waals surface area contributed by atoms with Gasteiger partial charge in [0.2, 0.25) is 0 Å². The number of nitrogens with two attached hydrogens (primary N) is 2. The normalized spacial score (nSPS) is 10.9. The van der Waals surface area contributed by atoms with Gasteiger partial charge >= 0.3 is 0 Å². The molecule has 0 aliphatic heterocycles. The molecule has 15 nitrogen and oxygen atoms in total. The van der Waals surface area contributed by atoms with Crippen molar-refractivity contribution in [1.29, 1.82) is 0 Å². The lowest BCUT2D eigenvalue weighted by Gasteiger charge is -2.13. The maximum atomic E-state index is 11.5. The largest absolute Gasteiger partial charge is 0.461 e. The van der Waals surface area contributed by atoms with Crippen LogP contribution in [0, 0.1) is 41.5 Å². The number of thiocarbonyl (C=S) groups is 4. The van der Waals surface area contributed by atoms with E-state index in [0.717, 1.165) is 152 Å². The smallest absolute Gasteiger partial charge is 0.168 e. The van der Waals surface area contributed by atoms with E-state index in [0.29, 0.717) is 18.0 Å². The van der Waals surface area contributed by atoms with Crippen LogP contribution in [0.15, 0.2) is 227 Å². The first kappa shape index (κ1) is 70.6. The second-order valence-corrected chi connectivity index (χ2v) is 24.0. The molecule has 0 saturated heterocycles. The summed E-state index contributed by atoms with van der Waals surface area (Å²) in [5, 5.41) is 10.2. The van der Waals surface area contributed by atoms with Gasteiger partial charge in [0.05, 0.1) is 18.3 Å². The van der Waals surface area contributed by atoms with Crippen LogP contribution in [0.25, 0.3) is 67.9 Å². The highest BCUT2D eigenvalue weighted by molar-refractivity contribution is 7.81. The number of anilines is 1. The van der Waals surface area contributed by atoms with Crippen molar-refractivity contribution in [3.8, 4) is 67.9 Å². The molecule has 0 radical (unpaired) electrons. The molecule has 19 heteroatoms. The first-order valence-corrected chi connectivity index (χ1v) is 31.9. The van der Waals surface area contributed by atoms with Gasteiger partial charge in [0, 0.05) is 89.5 Å². The predicted molar refractivity (Wildman–Crippen MR) is 395 cm³/mol. The van der Waals surface area contributed by atoms with Crippen molar-refractivity contribution < 1.29 is 36.1 Å². The average molecular weight is 1340 g/mol. The molecule has 0 fully saturated rings. The van der Waals surface area contributed by atoms with Gasteiger partial charge < -0.3 is 53.5 Å². The summed E-state index contributed by atoms with van der Waals surface area (Å²) in [6, 6.07) is 60.9. The van der Waals surface area contributed by atoms with Crippen molar-refractivity contribution in [2.24, 2.45) is 11.5 Å². The summed E-state index contributed by atoms with van der Waals surface area (Å²) < 4.78 is 34.8. The molecule has 7 heterocycles. The van der Waals surface area contributed by atoms with Crippen LogP contribution in [0.3, 0.4) is 0 Å². The van der Waals surface area contributed by atoms with Gasteiger partial charge in [-0.25, -0.2) is 0 Å². The van der Waals surface area contributed by atoms with Gasteiger partial charge in [-0.3, -0.25) is 14.3 Å². The number of aryl methyl sites for hydroxylation is 7. The summed E-state index contributed by atoms with van der Waals surface area (Å²) in [5.74, 6) is 10.9. The number of aromatic nitrogens is 2. The molecule has 0 atom stereocenters. The minimum absolute atomic E-state index is 0.0836. The van der Waals surface area contributed by atoms with Crippen molar-refractivity contribution >= 4 is 86.2 Å². The lowest BCUT2D eigenvalue weighted by atomic mass is 10.0. The van der Waals surface area contributed by atoms with Gasteiger partial charge in [-0.15, -0.1) is 0 Å². The minimum Gasteiger partial charge on any atom is -0.461 e. The van der Waals surface area contributed by atoms with E-state index in [1.807, 2.05) is 250 Å². The summed E-state index contributed by atoms with van der Waals surface area (Å²) in [6.45, 7) is 13.4. The van der Waals surface area contributed by atoms with E-state index in [-0.39, 0.29) is 16.7 Å². The number of furan rings is 6. The Morgan fingerprint density at radius 1 is 0.495 bits per heavy atom. The van der Waals surface area contributed by atoms with E-state index in [4.69, 9.17) is 86.8 Å². The number of Topliss-reactive ketones (excluding diaryl/α,β-unsaturated/α-hetero) is 2. The van der Waals surface area contributed by atoms with Crippen molar-refractivity contribution in [2.75, 3.05) is 26.5 Å². The summed E-state index contributed by atoms with van der Waals surface area (Å²) in [6.07, 6.45) is 5.01. The Morgan fingerprint density at radius 3 is 1.22 bits per heavy atom. The Labute approximate surface area is 575 Å². The number of hydrogen-bond donors (Lipinski definition) is 4. The zero-order valence-electron chi connectivity index (χ0n) is 54.6. The van der Waals surface area contributed by atoms with Crippen molar-refractivity contribution in [3.63, 3.8) is 0 Å². The van der Waals surface area contributed by atoms with Gasteiger partial charge in [0.1, 0.15) is 84.1 Å². The fraction of sp³-hybridized carbons (Fsp3) is 0.171. The second kappa shape index (κ2) is 33.5. The number of nitrogens with zero attached hydrogens (tertiary/aromatic N) is 3. The average Bonchev–Trinajstić information content (AvgIpc) is 1.74. The van der Waals surface area contributed by atoms with Gasteiger partial charge in [0.15, 0.2) is 16.7 Å². The molecular formula is C76H75N7O8S4. The number of rotatable bonds is 12. The number of carbonyl (C=O) groups is 2. The molecule has 0 spiro atoms. The van der Waals surface area contributed by atoms with Gasteiger partial charge in [0.25, 0.3) is 0 Å². The van der Waals surface area contributed by atoms with Gasteiger partial charge in [-0.1, -0.05) is 122 Å². The number of benzene rings is 5. The monoisotopic (exact) mass is 1340 g/mol. The highest BCUT2D eigenvalue weighted by Gasteiger charge is 2.20. The van der Waals surface area contributed by atoms with Gasteiger partial charge in [-0.05, 0) is 176 Å². The van der Waals surface area contributed by atoms with E-state index in [2.05, 4.69) is 21.8 Å². The molecule has 1 aliphatic carbocycles. The Morgan fingerprint density at radius 2 is 0.863 bits per heavy atom. The number of nitrogens with one attached hydrogen (secondary N) is 2. The fourth-order valence-corrected chi connectivity index (χ4v) is 10.1. The Kier molecular flexibility index (Phi) is 24.9. The molecule has 12 aromatic rings. The lowest BCUT2D eigenvalue weighted by Crippen LogP contribution is -2.20. The molecular weight excluding hydrogens is 1270 g/mol. The quantitative estimate of drug-likeness (QED) is 0.0838. The Hall–Kier alpha value is -10.3. The molecule has 95 heavy (non-hydrogen) atoms. The van der Waals surface area contributed by atoms with Crippen LogP contribution < -0.4 is 22.1 Å². The molecule has 486 valence electrons. The van der Waals surface area contributed by atoms with E-state index in [9.17, 15) is 9.59 Å².